The molecule has 0 radical (unpaired) electrons. The number of likely N-dealkylation sites (tertiary alicyclic amines) is 1. The number of carbonyl (C=O) groups excluding carboxylic acids is 1. The molecule has 1 N–H and O–H groups in total. The smallest absolute Gasteiger partial charge is 0.263 e. The Kier molecular flexibility index (Phi) is 5.85. The maximum absolute atomic E-state index is 13.0. The standard InChI is InChI=1S/C21H26N4O2S2/c1-21(2,25-8-4-3-5-9-25)13-22-17(26)11-24-14-23-19-18(20(24)27)15(12-29-19)16-7-6-10-28-16/h6-7,10,12,14H,3-5,8-9,11,13H2,1-2H3,(H,22,26). The number of rotatable bonds is 6. The van der Waals surface area contributed by atoms with Crippen LogP contribution in [0.15, 0.2) is 34.0 Å². The van der Waals surface area contributed by atoms with Gasteiger partial charge < -0.3 is 5.32 Å². The quantitative estimate of drug-likeness (QED) is 0.649. The van der Waals surface area contributed by atoms with Crippen molar-refractivity contribution in [2.45, 2.75) is 45.2 Å². The van der Waals surface area contributed by atoms with E-state index in [9.17, 15) is 9.59 Å². The molecule has 0 unspecified atom stereocenters. The van der Waals surface area contributed by atoms with E-state index >= 15 is 0 Å². The van der Waals surface area contributed by atoms with E-state index in [1.54, 1.807) is 11.3 Å². The van der Waals surface area contributed by atoms with Crippen LogP contribution in [-0.4, -0.2) is 45.5 Å². The van der Waals surface area contributed by atoms with Crippen molar-refractivity contribution in [2.24, 2.45) is 0 Å². The zero-order valence-corrected chi connectivity index (χ0v) is 18.4. The summed E-state index contributed by atoms with van der Waals surface area (Å²) in [6.45, 7) is 7.03. The molecule has 4 rings (SSSR count). The van der Waals surface area contributed by atoms with Crippen molar-refractivity contribution >= 4 is 38.8 Å². The predicted molar refractivity (Wildman–Crippen MR) is 120 cm³/mol. The predicted octanol–water partition coefficient (Wildman–Crippen LogP) is 3.57. The Morgan fingerprint density at radius 1 is 1.24 bits per heavy atom. The number of thiophene rings is 2. The Hall–Kier alpha value is -2.03. The third-order valence-electron chi connectivity index (χ3n) is 5.59. The van der Waals surface area contributed by atoms with Crippen LogP contribution in [0, 0.1) is 0 Å². The topological polar surface area (TPSA) is 67.2 Å². The van der Waals surface area contributed by atoms with E-state index in [4.69, 9.17) is 0 Å². The normalized spacial score (nSPS) is 15.7. The fourth-order valence-corrected chi connectivity index (χ4v) is 5.55. The van der Waals surface area contributed by atoms with E-state index in [1.165, 1.54) is 41.5 Å². The SMILES string of the molecule is CC(C)(CNC(=O)Cn1cnc2scc(-c3cccs3)c2c1=O)N1CCCCC1. The molecule has 0 atom stereocenters. The van der Waals surface area contributed by atoms with Gasteiger partial charge in [-0.15, -0.1) is 22.7 Å². The van der Waals surface area contributed by atoms with Gasteiger partial charge in [0.05, 0.1) is 11.7 Å². The van der Waals surface area contributed by atoms with Gasteiger partial charge in [0.2, 0.25) is 5.91 Å². The molecule has 0 bridgehead atoms. The molecule has 1 aliphatic heterocycles. The van der Waals surface area contributed by atoms with E-state index in [2.05, 4.69) is 29.0 Å². The zero-order valence-electron chi connectivity index (χ0n) is 16.8. The van der Waals surface area contributed by atoms with Gasteiger partial charge >= 0.3 is 0 Å². The molecule has 6 nitrogen and oxygen atoms in total. The third-order valence-corrected chi connectivity index (χ3v) is 7.38. The van der Waals surface area contributed by atoms with E-state index in [1.807, 2.05) is 22.9 Å². The Bertz CT molecular complexity index is 1050. The highest BCUT2D eigenvalue weighted by molar-refractivity contribution is 7.18. The average molecular weight is 431 g/mol. The number of carbonyl (C=O) groups is 1. The van der Waals surface area contributed by atoms with E-state index in [0.717, 1.165) is 23.5 Å². The molecular weight excluding hydrogens is 404 g/mol. The first-order valence-electron chi connectivity index (χ1n) is 9.98. The van der Waals surface area contributed by atoms with E-state index < -0.39 is 0 Å². The summed E-state index contributed by atoms with van der Waals surface area (Å²) in [7, 11) is 0. The molecule has 0 aliphatic carbocycles. The lowest BCUT2D eigenvalue weighted by Crippen LogP contribution is -2.53. The summed E-state index contributed by atoms with van der Waals surface area (Å²) in [6, 6.07) is 3.97. The molecule has 0 spiro atoms. The lowest BCUT2D eigenvalue weighted by Gasteiger charge is -2.41. The lowest BCUT2D eigenvalue weighted by atomic mass is 9.98. The highest BCUT2D eigenvalue weighted by atomic mass is 32.1. The summed E-state index contributed by atoms with van der Waals surface area (Å²) in [5.41, 5.74) is 0.645. The average Bonchev–Trinajstić information content (AvgIpc) is 3.39. The number of fused-ring (bicyclic) bond motifs is 1. The number of aromatic nitrogens is 2. The maximum atomic E-state index is 13.0. The molecule has 1 amide bonds. The van der Waals surface area contributed by atoms with Crippen molar-refractivity contribution in [1.82, 2.24) is 19.8 Å². The van der Waals surface area contributed by atoms with Gasteiger partial charge in [-0.1, -0.05) is 12.5 Å². The molecule has 3 aromatic heterocycles. The van der Waals surface area contributed by atoms with Crippen molar-refractivity contribution in [3.8, 4) is 10.4 Å². The van der Waals surface area contributed by atoms with Crippen LogP contribution < -0.4 is 10.9 Å². The summed E-state index contributed by atoms with van der Waals surface area (Å²) in [5.74, 6) is -0.161. The summed E-state index contributed by atoms with van der Waals surface area (Å²) >= 11 is 3.05. The number of hydrogen-bond donors (Lipinski definition) is 1. The van der Waals surface area contributed by atoms with Crippen molar-refractivity contribution in [3.05, 3.63) is 39.6 Å². The molecule has 0 saturated carbocycles. The van der Waals surface area contributed by atoms with Gasteiger partial charge in [-0.25, -0.2) is 4.98 Å². The third kappa shape index (κ3) is 4.29. The monoisotopic (exact) mass is 430 g/mol. The van der Waals surface area contributed by atoms with Gasteiger partial charge in [0.25, 0.3) is 5.56 Å². The van der Waals surface area contributed by atoms with Crippen LogP contribution in [0.2, 0.25) is 0 Å². The fourth-order valence-electron chi connectivity index (χ4n) is 3.83. The largest absolute Gasteiger partial charge is 0.353 e. The van der Waals surface area contributed by atoms with Gasteiger partial charge in [0.1, 0.15) is 11.4 Å². The van der Waals surface area contributed by atoms with Crippen molar-refractivity contribution in [3.63, 3.8) is 0 Å². The first-order chi connectivity index (χ1) is 14.0. The van der Waals surface area contributed by atoms with Gasteiger partial charge in [0.15, 0.2) is 0 Å². The van der Waals surface area contributed by atoms with E-state index in [0.29, 0.717) is 16.8 Å². The molecule has 0 aromatic carbocycles. The highest BCUT2D eigenvalue weighted by Crippen LogP contribution is 2.33. The summed E-state index contributed by atoms with van der Waals surface area (Å²) in [6.07, 6.45) is 5.19. The molecule has 4 heterocycles. The second kappa shape index (κ2) is 8.38. The number of piperidine rings is 1. The number of hydrogen-bond acceptors (Lipinski definition) is 6. The van der Waals surface area contributed by atoms with Crippen molar-refractivity contribution in [1.29, 1.82) is 0 Å². The number of amides is 1. The minimum Gasteiger partial charge on any atom is -0.353 e. The molecule has 8 heteroatoms. The zero-order chi connectivity index (χ0) is 20.4. The van der Waals surface area contributed by atoms with Gasteiger partial charge in [0, 0.05) is 27.9 Å². The second-order valence-corrected chi connectivity index (χ2v) is 9.93. The van der Waals surface area contributed by atoms with Crippen LogP contribution in [0.3, 0.4) is 0 Å². The number of nitrogens with one attached hydrogen (secondary N) is 1. The molecule has 29 heavy (non-hydrogen) atoms. The van der Waals surface area contributed by atoms with Gasteiger partial charge in [-0.05, 0) is 51.2 Å². The van der Waals surface area contributed by atoms with Crippen LogP contribution >= 0.6 is 22.7 Å². The van der Waals surface area contributed by atoms with Crippen LogP contribution in [0.4, 0.5) is 0 Å². The first kappa shape index (κ1) is 20.3. The maximum Gasteiger partial charge on any atom is 0.263 e. The Morgan fingerprint density at radius 3 is 2.76 bits per heavy atom. The number of nitrogens with zero attached hydrogens (tertiary/aromatic N) is 3. The lowest BCUT2D eigenvalue weighted by molar-refractivity contribution is -0.122. The molecule has 3 aromatic rings. The van der Waals surface area contributed by atoms with Crippen molar-refractivity contribution in [2.75, 3.05) is 19.6 Å². The minimum absolute atomic E-state index is 0.0163. The van der Waals surface area contributed by atoms with Gasteiger partial charge in [-0.3, -0.25) is 19.1 Å². The molecule has 154 valence electrons. The van der Waals surface area contributed by atoms with Gasteiger partial charge in [-0.2, -0.15) is 0 Å². The van der Waals surface area contributed by atoms with Crippen LogP contribution in [0.1, 0.15) is 33.1 Å². The van der Waals surface area contributed by atoms with Crippen molar-refractivity contribution < 1.29 is 4.79 Å². The summed E-state index contributed by atoms with van der Waals surface area (Å²) in [5, 5.41) is 7.58. The second-order valence-electron chi connectivity index (χ2n) is 8.12. The molecule has 1 saturated heterocycles. The fraction of sp³-hybridized carbons (Fsp3) is 0.476. The summed E-state index contributed by atoms with van der Waals surface area (Å²) in [4.78, 5) is 34.2. The Morgan fingerprint density at radius 2 is 2.03 bits per heavy atom. The first-order valence-corrected chi connectivity index (χ1v) is 11.7. The van der Waals surface area contributed by atoms with Crippen LogP contribution in [0.25, 0.3) is 20.7 Å². The minimum atomic E-state index is -0.162. The molecule has 1 fully saturated rings. The molecular formula is C21H26N4O2S2. The van der Waals surface area contributed by atoms with Crippen LogP contribution in [-0.2, 0) is 11.3 Å². The van der Waals surface area contributed by atoms with Crippen LogP contribution in [0.5, 0.6) is 0 Å². The summed E-state index contributed by atoms with van der Waals surface area (Å²) < 4.78 is 1.41. The Labute approximate surface area is 178 Å². The highest BCUT2D eigenvalue weighted by Gasteiger charge is 2.28. The molecule has 1 aliphatic rings. The Balaban J connectivity index is 1.48. The van der Waals surface area contributed by atoms with E-state index in [-0.39, 0.29) is 23.6 Å².